The van der Waals surface area contributed by atoms with Crippen molar-refractivity contribution in [3.8, 4) is 0 Å². The second-order valence-electron chi connectivity index (χ2n) is 7.52. The van der Waals surface area contributed by atoms with Crippen molar-refractivity contribution in [3.63, 3.8) is 0 Å². The average molecular weight is 348 g/mol. The largest absolute Gasteiger partial charge is 0.634 e. The highest BCUT2D eigenvalue weighted by molar-refractivity contribution is 5.14. The van der Waals surface area contributed by atoms with E-state index in [1.54, 1.807) is 0 Å². The second-order valence-corrected chi connectivity index (χ2v) is 7.52. The van der Waals surface area contributed by atoms with Gasteiger partial charge in [0.05, 0.1) is 13.1 Å². The number of benzene rings is 1. The predicted molar refractivity (Wildman–Crippen MR) is 110 cm³/mol. The lowest BCUT2D eigenvalue weighted by molar-refractivity contribution is -0.848. The zero-order valence-electron chi connectivity index (χ0n) is 16.6. The maximum absolute atomic E-state index is 11.9. The molecular weight excluding hydrogens is 306 g/mol. The van der Waals surface area contributed by atoms with Crippen molar-refractivity contribution in [1.82, 2.24) is 0 Å². The molecule has 0 heterocycles. The van der Waals surface area contributed by atoms with Gasteiger partial charge in [0.1, 0.15) is 0 Å². The summed E-state index contributed by atoms with van der Waals surface area (Å²) in [7, 11) is 0. The van der Waals surface area contributed by atoms with E-state index in [4.69, 9.17) is 0 Å². The molecule has 0 amide bonds. The summed E-state index contributed by atoms with van der Waals surface area (Å²) >= 11 is 0. The molecule has 0 radical (unpaired) electrons. The van der Waals surface area contributed by atoms with E-state index in [-0.39, 0.29) is 0 Å². The number of unbranched alkanes of at least 4 members (excludes halogenated alkanes) is 12. The zero-order chi connectivity index (χ0) is 18.0. The highest BCUT2D eigenvalue weighted by Gasteiger charge is 2.00. The Morgan fingerprint density at radius 1 is 0.640 bits per heavy atom. The van der Waals surface area contributed by atoms with Gasteiger partial charge in [0.25, 0.3) is 0 Å². The van der Waals surface area contributed by atoms with Crippen LogP contribution in [0.5, 0.6) is 0 Å². The first-order valence-electron chi connectivity index (χ1n) is 10.9. The molecule has 0 saturated heterocycles. The van der Waals surface area contributed by atoms with Crippen molar-refractivity contribution in [2.45, 2.75) is 96.8 Å². The van der Waals surface area contributed by atoms with Gasteiger partial charge in [0.2, 0.25) is 0 Å². The summed E-state index contributed by atoms with van der Waals surface area (Å²) < 4.78 is 0. The molecule has 1 rings (SSSR count). The van der Waals surface area contributed by atoms with Crippen molar-refractivity contribution < 1.29 is 5.06 Å². The summed E-state index contributed by atoms with van der Waals surface area (Å²) in [5.41, 5.74) is 1.28. The van der Waals surface area contributed by atoms with Gasteiger partial charge in [-0.25, -0.2) is 0 Å². The fraction of sp³-hybridized carbons (Fsp3) is 0.739. The summed E-state index contributed by atoms with van der Waals surface area (Å²) in [6.07, 6.45) is 18.6. The summed E-state index contributed by atoms with van der Waals surface area (Å²) in [6, 6.07) is 10.3. The molecule has 0 fully saturated rings. The molecule has 2 heteroatoms. The fourth-order valence-corrected chi connectivity index (χ4v) is 3.39. The summed E-state index contributed by atoms with van der Waals surface area (Å²) in [4.78, 5) is 0. The van der Waals surface area contributed by atoms with Gasteiger partial charge in [0, 0.05) is 6.42 Å². The molecule has 0 aliphatic rings. The summed E-state index contributed by atoms with van der Waals surface area (Å²) in [5, 5.41) is 12.4. The first kappa shape index (κ1) is 22.2. The lowest BCUT2D eigenvalue weighted by Gasteiger charge is -2.22. The Bertz CT molecular complexity index is 379. The van der Waals surface area contributed by atoms with Crippen LogP contribution in [0.25, 0.3) is 0 Å². The fourth-order valence-electron chi connectivity index (χ4n) is 3.39. The molecule has 1 atom stereocenters. The minimum Gasteiger partial charge on any atom is -0.634 e. The van der Waals surface area contributed by atoms with Crippen LogP contribution in [0.2, 0.25) is 0 Å². The van der Waals surface area contributed by atoms with Crippen molar-refractivity contribution >= 4 is 0 Å². The zero-order valence-corrected chi connectivity index (χ0v) is 16.6. The van der Waals surface area contributed by atoms with Crippen molar-refractivity contribution in [2.75, 3.05) is 13.1 Å². The first-order valence-corrected chi connectivity index (χ1v) is 10.9. The maximum atomic E-state index is 11.9. The first-order chi connectivity index (χ1) is 12.3. The van der Waals surface area contributed by atoms with Gasteiger partial charge in [-0.15, -0.1) is 0 Å². The molecule has 1 aromatic rings. The van der Waals surface area contributed by atoms with Gasteiger partial charge in [0.15, 0.2) is 0 Å². The predicted octanol–water partition coefficient (Wildman–Crippen LogP) is 5.70. The number of nitrogens with one attached hydrogen (secondary N) is 1. The van der Waals surface area contributed by atoms with Crippen LogP contribution in [0.4, 0.5) is 0 Å². The lowest BCUT2D eigenvalue weighted by atomic mass is 10.0. The summed E-state index contributed by atoms with van der Waals surface area (Å²) in [5.74, 6) is 0. The Balaban J connectivity index is 1.79. The Morgan fingerprint density at radius 2 is 1.12 bits per heavy atom. The van der Waals surface area contributed by atoms with Crippen LogP contribution in [-0.2, 0) is 6.42 Å². The Hall–Kier alpha value is -0.860. The average Bonchev–Trinajstić information content (AvgIpc) is 2.64. The van der Waals surface area contributed by atoms with Crippen molar-refractivity contribution in [1.29, 1.82) is 0 Å². The van der Waals surface area contributed by atoms with Crippen LogP contribution < -0.4 is 5.06 Å². The van der Waals surface area contributed by atoms with Crippen LogP contribution >= 0.6 is 0 Å². The Kier molecular flexibility index (Phi) is 14.7. The molecule has 1 unspecified atom stereocenters. The minimum atomic E-state index is 0.437. The quantitative estimate of drug-likeness (QED) is 0.284. The minimum absolute atomic E-state index is 0.437. The number of hydroxylamine groups is 2. The molecule has 1 N–H and O–H groups in total. The van der Waals surface area contributed by atoms with Crippen LogP contribution in [0.15, 0.2) is 30.3 Å². The van der Waals surface area contributed by atoms with Gasteiger partial charge in [-0.05, 0) is 18.4 Å². The van der Waals surface area contributed by atoms with E-state index >= 15 is 0 Å². The summed E-state index contributed by atoms with van der Waals surface area (Å²) in [6.45, 7) is 3.77. The van der Waals surface area contributed by atoms with Crippen LogP contribution in [0.1, 0.15) is 96.0 Å². The molecule has 0 spiro atoms. The van der Waals surface area contributed by atoms with E-state index in [0.717, 1.165) is 19.4 Å². The van der Waals surface area contributed by atoms with Gasteiger partial charge < -0.3 is 10.3 Å². The van der Waals surface area contributed by atoms with Crippen LogP contribution in [0.3, 0.4) is 0 Å². The molecular formula is C23H41NO. The van der Waals surface area contributed by atoms with Crippen molar-refractivity contribution in [2.24, 2.45) is 0 Å². The third kappa shape index (κ3) is 14.0. The van der Waals surface area contributed by atoms with Crippen LogP contribution in [0, 0.1) is 5.21 Å². The standard InChI is InChI=1S/C23H41NO/c1-2-3-4-5-6-7-8-9-10-11-12-13-17-21-24(25)22-20-23-18-15-14-16-19-23/h14-16,18-19,24H,2-13,17,20-22H2,1H3. The third-order valence-corrected chi connectivity index (χ3v) is 5.09. The Morgan fingerprint density at radius 3 is 1.64 bits per heavy atom. The topological polar surface area (TPSA) is 27.5 Å². The molecule has 0 saturated carbocycles. The molecule has 144 valence electrons. The SMILES string of the molecule is CCCCCCCCCCCCCCC[NH+]([O-])CCc1ccccc1. The molecule has 25 heavy (non-hydrogen) atoms. The molecule has 0 aliphatic heterocycles. The lowest BCUT2D eigenvalue weighted by Crippen LogP contribution is -3.07. The van der Waals surface area contributed by atoms with E-state index < -0.39 is 0 Å². The van der Waals surface area contributed by atoms with E-state index in [9.17, 15) is 5.21 Å². The van der Waals surface area contributed by atoms with E-state index in [0.29, 0.717) is 11.6 Å². The smallest absolute Gasteiger partial charge is 0.0809 e. The number of quaternary nitrogens is 1. The van der Waals surface area contributed by atoms with Crippen molar-refractivity contribution in [3.05, 3.63) is 41.1 Å². The highest BCUT2D eigenvalue weighted by atomic mass is 16.5. The van der Waals surface area contributed by atoms with Gasteiger partial charge in [-0.3, -0.25) is 0 Å². The van der Waals surface area contributed by atoms with Gasteiger partial charge >= 0.3 is 0 Å². The molecule has 0 bridgehead atoms. The third-order valence-electron chi connectivity index (χ3n) is 5.09. The van der Waals surface area contributed by atoms with Gasteiger partial charge in [-0.1, -0.05) is 108 Å². The number of hydrogen-bond donors (Lipinski definition) is 1. The van der Waals surface area contributed by atoms with Gasteiger partial charge in [-0.2, -0.15) is 0 Å². The van der Waals surface area contributed by atoms with E-state index in [2.05, 4.69) is 19.1 Å². The number of rotatable bonds is 17. The second kappa shape index (κ2) is 16.6. The highest BCUT2D eigenvalue weighted by Crippen LogP contribution is 2.12. The van der Waals surface area contributed by atoms with Crippen LogP contribution in [-0.4, -0.2) is 13.1 Å². The number of hydrogen-bond acceptors (Lipinski definition) is 1. The van der Waals surface area contributed by atoms with E-state index in [1.165, 1.54) is 82.6 Å². The van der Waals surface area contributed by atoms with E-state index in [1.807, 2.05) is 18.2 Å². The Labute approximate surface area is 156 Å². The molecule has 0 aliphatic carbocycles. The molecule has 2 nitrogen and oxygen atoms in total. The molecule has 1 aromatic carbocycles. The molecule has 0 aromatic heterocycles. The normalized spacial score (nSPS) is 12.4. The monoisotopic (exact) mass is 347 g/mol. The maximum Gasteiger partial charge on any atom is 0.0809 e.